The standard InChI is InChI=1S/C21H24N2O4S2/c24-28(25,18-12-20-8-3-1-4-9-20)22-14-7-15-23(17-16-22)29(26,27)19-13-21-10-5-2-6-11-21/h1-6,8-13,18-19H,7,14-17H2/b18-12+,19-13+. The first-order valence-electron chi connectivity index (χ1n) is 9.33. The predicted molar refractivity (Wildman–Crippen MR) is 117 cm³/mol. The molecule has 1 aliphatic heterocycles. The van der Waals surface area contributed by atoms with Crippen LogP contribution in [0.2, 0.25) is 0 Å². The van der Waals surface area contributed by atoms with Gasteiger partial charge in [0.25, 0.3) is 0 Å². The minimum absolute atomic E-state index is 0.125. The second kappa shape index (κ2) is 9.49. The zero-order chi connectivity index (χ0) is 20.7. The lowest BCUT2D eigenvalue weighted by molar-refractivity contribution is 0.411. The van der Waals surface area contributed by atoms with E-state index in [-0.39, 0.29) is 26.2 Å². The van der Waals surface area contributed by atoms with Crippen LogP contribution >= 0.6 is 0 Å². The van der Waals surface area contributed by atoms with Gasteiger partial charge in [0.15, 0.2) is 0 Å². The molecule has 0 aromatic heterocycles. The molecule has 0 amide bonds. The Kier molecular flexibility index (Phi) is 7.02. The predicted octanol–water partition coefficient (Wildman–Crippen LogP) is 3.00. The summed E-state index contributed by atoms with van der Waals surface area (Å²) in [5, 5.41) is 2.36. The molecule has 1 heterocycles. The second-order valence-corrected chi connectivity index (χ2v) is 10.3. The van der Waals surface area contributed by atoms with Crippen LogP contribution in [0.15, 0.2) is 71.5 Å². The molecule has 29 heavy (non-hydrogen) atoms. The number of nitrogens with zero attached hydrogens (tertiary/aromatic N) is 2. The van der Waals surface area contributed by atoms with Crippen molar-refractivity contribution in [2.75, 3.05) is 26.2 Å². The fraction of sp³-hybridized carbons (Fsp3) is 0.238. The normalized spacial score (nSPS) is 17.7. The molecule has 0 unspecified atom stereocenters. The van der Waals surface area contributed by atoms with Crippen molar-refractivity contribution in [2.45, 2.75) is 6.42 Å². The Morgan fingerprint density at radius 2 is 0.966 bits per heavy atom. The largest absolute Gasteiger partial charge is 0.236 e. The monoisotopic (exact) mass is 432 g/mol. The summed E-state index contributed by atoms with van der Waals surface area (Å²) in [5.74, 6) is 0. The summed E-state index contributed by atoms with van der Waals surface area (Å²) < 4.78 is 53.2. The van der Waals surface area contributed by atoms with Gasteiger partial charge in [-0.1, -0.05) is 60.7 Å². The van der Waals surface area contributed by atoms with E-state index in [1.165, 1.54) is 19.4 Å². The van der Waals surface area contributed by atoms with Crippen molar-refractivity contribution in [1.82, 2.24) is 8.61 Å². The minimum atomic E-state index is -3.62. The summed E-state index contributed by atoms with van der Waals surface area (Å²) in [7, 11) is -7.23. The maximum absolute atomic E-state index is 12.6. The summed E-state index contributed by atoms with van der Waals surface area (Å²) in [6.07, 6.45) is 3.55. The van der Waals surface area contributed by atoms with E-state index in [1.807, 2.05) is 60.7 Å². The lowest BCUT2D eigenvalue weighted by Crippen LogP contribution is -2.35. The van der Waals surface area contributed by atoms with E-state index in [2.05, 4.69) is 0 Å². The first-order chi connectivity index (χ1) is 13.9. The molecule has 2 aromatic carbocycles. The molecule has 0 bridgehead atoms. The van der Waals surface area contributed by atoms with E-state index in [4.69, 9.17) is 0 Å². The molecule has 8 heteroatoms. The van der Waals surface area contributed by atoms with Gasteiger partial charge in [-0.15, -0.1) is 0 Å². The SMILES string of the molecule is O=S(=O)(/C=C/c1ccccc1)N1CCCN(S(=O)(=O)/C=C/c2ccccc2)CC1. The number of sulfonamides is 2. The molecule has 6 nitrogen and oxygen atoms in total. The van der Waals surface area contributed by atoms with Crippen LogP contribution in [-0.2, 0) is 20.0 Å². The van der Waals surface area contributed by atoms with E-state index in [0.29, 0.717) is 6.42 Å². The highest BCUT2D eigenvalue weighted by Gasteiger charge is 2.27. The molecule has 1 saturated heterocycles. The van der Waals surface area contributed by atoms with Crippen LogP contribution in [0.1, 0.15) is 17.5 Å². The Bertz CT molecular complexity index is 977. The Balaban J connectivity index is 1.66. The van der Waals surface area contributed by atoms with Crippen LogP contribution in [0.3, 0.4) is 0 Å². The van der Waals surface area contributed by atoms with Gasteiger partial charge in [-0.05, 0) is 29.7 Å². The van der Waals surface area contributed by atoms with Crippen molar-refractivity contribution >= 4 is 32.2 Å². The van der Waals surface area contributed by atoms with Gasteiger partial charge in [0.05, 0.1) is 0 Å². The van der Waals surface area contributed by atoms with Gasteiger partial charge in [-0.3, -0.25) is 0 Å². The average molecular weight is 433 g/mol. The highest BCUT2D eigenvalue weighted by molar-refractivity contribution is 7.92. The second-order valence-electron chi connectivity index (χ2n) is 6.67. The fourth-order valence-corrected chi connectivity index (χ4v) is 5.45. The van der Waals surface area contributed by atoms with Crippen LogP contribution < -0.4 is 0 Å². The van der Waals surface area contributed by atoms with Gasteiger partial charge < -0.3 is 0 Å². The Labute approximate surface area is 172 Å². The molecule has 1 fully saturated rings. The average Bonchev–Trinajstić information content (AvgIpc) is 3.00. The topological polar surface area (TPSA) is 74.8 Å². The number of rotatable bonds is 6. The van der Waals surface area contributed by atoms with E-state index >= 15 is 0 Å². The number of benzene rings is 2. The quantitative estimate of drug-likeness (QED) is 0.703. The van der Waals surface area contributed by atoms with Crippen LogP contribution in [-0.4, -0.2) is 51.6 Å². The third kappa shape index (κ3) is 6.11. The third-order valence-corrected chi connectivity index (χ3v) is 7.73. The summed E-state index contributed by atoms with van der Waals surface area (Å²) in [5.41, 5.74) is 1.59. The van der Waals surface area contributed by atoms with Gasteiger partial charge in [-0.25, -0.2) is 16.8 Å². The molecule has 0 radical (unpaired) electrons. The van der Waals surface area contributed by atoms with Crippen molar-refractivity contribution < 1.29 is 16.8 Å². The molecular formula is C21H24N2O4S2. The van der Waals surface area contributed by atoms with Gasteiger partial charge in [-0.2, -0.15) is 8.61 Å². The van der Waals surface area contributed by atoms with Crippen molar-refractivity contribution in [3.8, 4) is 0 Å². The van der Waals surface area contributed by atoms with Crippen molar-refractivity contribution in [3.63, 3.8) is 0 Å². The lowest BCUT2D eigenvalue weighted by atomic mass is 10.2. The van der Waals surface area contributed by atoms with Crippen LogP contribution in [0.25, 0.3) is 12.2 Å². The van der Waals surface area contributed by atoms with Crippen LogP contribution in [0, 0.1) is 0 Å². The highest BCUT2D eigenvalue weighted by Crippen LogP contribution is 2.15. The number of hydrogen-bond acceptors (Lipinski definition) is 4. The smallest absolute Gasteiger partial charge is 0.208 e. The van der Waals surface area contributed by atoms with E-state index in [9.17, 15) is 16.8 Å². The van der Waals surface area contributed by atoms with E-state index in [0.717, 1.165) is 11.1 Å². The van der Waals surface area contributed by atoms with Crippen LogP contribution in [0.4, 0.5) is 0 Å². The van der Waals surface area contributed by atoms with Gasteiger partial charge in [0.1, 0.15) is 0 Å². The summed E-state index contributed by atoms with van der Waals surface area (Å²) in [6.45, 7) is 0.825. The molecular weight excluding hydrogens is 408 g/mol. The summed E-state index contributed by atoms with van der Waals surface area (Å²) >= 11 is 0. The molecule has 0 atom stereocenters. The summed E-state index contributed by atoms with van der Waals surface area (Å²) in [4.78, 5) is 0. The lowest BCUT2D eigenvalue weighted by Gasteiger charge is -2.19. The van der Waals surface area contributed by atoms with Crippen molar-refractivity contribution in [1.29, 1.82) is 0 Å². The third-order valence-electron chi connectivity index (χ3n) is 4.60. The maximum atomic E-state index is 12.6. The Hall–Kier alpha value is -2.26. The summed E-state index contributed by atoms with van der Waals surface area (Å²) in [6, 6.07) is 18.4. The highest BCUT2D eigenvalue weighted by atomic mass is 32.2. The van der Waals surface area contributed by atoms with E-state index in [1.54, 1.807) is 12.2 Å². The number of hydrogen-bond donors (Lipinski definition) is 0. The zero-order valence-corrected chi connectivity index (χ0v) is 17.6. The first kappa shape index (κ1) is 21.4. The Morgan fingerprint density at radius 3 is 1.34 bits per heavy atom. The van der Waals surface area contributed by atoms with Crippen LogP contribution in [0.5, 0.6) is 0 Å². The van der Waals surface area contributed by atoms with E-state index < -0.39 is 20.0 Å². The molecule has 0 N–H and O–H groups in total. The maximum Gasteiger partial charge on any atom is 0.236 e. The van der Waals surface area contributed by atoms with Crippen molar-refractivity contribution in [3.05, 3.63) is 82.6 Å². The minimum Gasteiger partial charge on any atom is -0.208 e. The molecule has 1 aliphatic rings. The fourth-order valence-electron chi connectivity index (χ4n) is 3.01. The van der Waals surface area contributed by atoms with Gasteiger partial charge >= 0.3 is 0 Å². The molecule has 3 rings (SSSR count). The first-order valence-corrected chi connectivity index (χ1v) is 12.3. The molecule has 0 saturated carbocycles. The Morgan fingerprint density at radius 1 is 0.586 bits per heavy atom. The molecule has 0 spiro atoms. The molecule has 154 valence electrons. The van der Waals surface area contributed by atoms with Gasteiger partial charge in [0, 0.05) is 37.0 Å². The molecule has 0 aliphatic carbocycles. The zero-order valence-electron chi connectivity index (χ0n) is 16.0. The molecule has 2 aromatic rings. The van der Waals surface area contributed by atoms with Crippen molar-refractivity contribution in [2.24, 2.45) is 0 Å². The van der Waals surface area contributed by atoms with Gasteiger partial charge in [0.2, 0.25) is 20.0 Å².